The molecule has 0 saturated heterocycles. The van der Waals surface area contributed by atoms with E-state index in [-0.39, 0.29) is 10.9 Å². The highest BCUT2D eigenvalue weighted by Crippen LogP contribution is 2.28. The van der Waals surface area contributed by atoms with Gasteiger partial charge in [0.25, 0.3) is 0 Å². The summed E-state index contributed by atoms with van der Waals surface area (Å²) in [5, 5.41) is 0.606. The van der Waals surface area contributed by atoms with E-state index in [1.54, 1.807) is 18.3 Å². The molecule has 2 heterocycles. The number of rotatable bonds is 5. The minimum absolute atomic E-state index is 0.202. The zero-order valence-electron chi connectivity index (χ0n) is 12.5. The molecule has 7 heteroatoms. The third-order valence-electron chi connectivity index (χ3n) is 4.48. The van der Waals surface area contributed by atoms with Gasteiger partial charge in [-0.2, -0.15) is 0 Å². The number of hydrogen-bond acceptors (Lipinski definition) is 4. The second-order valence-electron chi connectivity index (χ2n) is 5.91. The largest absolute Gasteiger partial charge is 0.345 e. The van der Waals surface area contributed by atoms with Crippen molar-refractivity contribution in [3.8, 4) is 0 Å². The van der Waals surface area contributed by atoms with Crippen LogP contribution in [-0.2, 0) is 10.0 Å². The first-order valence-electron chi connectivity index (χ1n) is 7.76. The van der Waals surface area contributed by atoms with Gasteiger partial charge in [0, 0.05) is 30.4 Å². The van der Waals surface area contributed by atoms with Crippen LogP contribution in [0.2, 0.25) is 0 Å². The van der Waals surface area contributed by atoms with E-state index in [0.29, 0.717) is 23.5 Å². The van der Waals surface area contributed by atoms with Gasteiger partial charge in [0.15, 0.2) is 0 Å². The van der Waals surface area contributed by atoms with Gasteiger partial charge in [-0.25, -0.2) is 18.1 Å². The summed E-state index contributed by atoms with van der Waals surface area (Å²) in [7, 11) is -3.61. The molecule has 0 bridgehead atoms. The SMILES string of the molecule is NCC(NS(=O)(=O)c1c[nH]c2ncccc12)C1CCCCC1. The normalized spacial score (nSPS) is 18.6. The van der Waals surface area contributed by atoms with Gasteiger partial charge in [0.1, 0.15) is 10.5 Å². The number of nitrogens with two attached hydrogens (primary N) is 1. The van der Waals surface area contributed by atoms with Crippen molar-refractivity contribution in [3.05, 3.63) is 24.5 Å². The molecule has 0 spiro atoms. The van der Waals surface area contributed by atoms with Gasteiger partial charge in [-0.1, -0.05) is 19.3 Å². The Morgan fingerprint density at radius 2 is 2.14 bits per heavy atom. The maximum absolute atomic E-state index is 12.7. The van der Waals surface area contributed by atoms with Gasteiger partial charge in [-0.3, -0.25) is 0 Å². The molecule has 4 N–H and O–H groups in total. The summed E-state index contributed by atoms with van der Waals surface area (Å²) in [6, 6.07) is 3.29. The van der Waals surface area contributed by atoms with Gasteiger partial charge in [0.05, 0.1) is 0 Å². The highest BCUT2D eigenvalue weighted by molar-refractivity contribution is 7.89. The summed E-state index contributed by atoms with van der Waals surface area (Å²) >= 11 is 0. The monoisotopic (exact) mass is 322 g/mol. The molecule has 1 fully saturated rings. The molecule has 6 nitrogen and oxygen atoms in total. The van der Waals surface area contributed by atoms with Crippen LogP contribution in [0.1, 0.15) is 32.1 Å². The van der Waals surface area contributed by atoms with Crippen molar-refractivity contribution in [3.63, 3.8) is 0 Å². The Bertz CT molecular complexity index is 735. The predicted molar refractivity (Wildman–Crippen MR) is 85.8 cm³/mol. The number of nitrogens with one attached hydrogen (secondary N) is 2. The molecule has 1 aliphatic rings. The first kappa shape index (κ1) is 15.5. The highest BCUT2D eigenvalue weighted by atomic mass is 32.2. The fourth-order valence-corrected chi connectivity index (χ4v) is 4.77. The summed E-state index contributed by atoms with van der Waals surface area (Å²) in [6.45, 7) is 0.324. The van der Waals surface area contributed by atoms with E-state index in [2.05, 4.69) is 14.7 Å². The fourth-order valence-electron chi connectivity index (χ4n) is 3.29. The Kier molecular flexibility index (Phi) is 4.46. The van der Waals surface area contributed by atoms with E-state index >= 15 is 0 Å². The minimum atomic E-state index is -3.61. The van der Waals surface area contributed by atoms with E-state index < -0.39 is 10.0 Å². The van der Waals surface area contributed by atoms with Crippen LogP contribution in [0.15, 0.2) is 29.4 Å². The molecule has 22 heavy (non-hydrogen) atoms. The first-order valence-corrected chi connectivity index (χ1v) is 9.24. The van der Waals surface area contributed by atoms with Crippen LogP contribution < -0.4 is 10.5 Å². The molecular weight excluding hydrogens is 300 g/mol. The Balaban J connectivity index is 1.85. The molecule has 3 rings (SSSR count). The second-order valence-corrected chi connectivity index (χ2v) is 7.60. The van der Waals surface area contributed by atoms with Gasteiger partial charge in [0.2, 0.25) is 10.0 Å². The van der Waals surface area contributed by atoms with E-state index in [4.69, 9.17) is 5.73 Å². The zero-order valence-corrected chi connectivity index (χ0v) is 13.3. The summed E-state index contributed by atoms with van der Waals surface area (Å²) in [5.74, 6) is 0.330. The molecule has 0 aliphatic heterocycles. The van der Waals surface area contributed by atoms with Crippen molar-refractivity contribution >= 4 is 21.1 Å². The van der Waals surface area contributed by atoms with Crippen LogP contribution in [0, 0.1) is 5.92 Å². The Morgan fingerprint density at radius 3 is 2.86 bits per heavy atom. The molecular formula is C15H22N4O2S. The van der Waals surface area contributed by atoms with Gasteiger partial charge < -0.3 is 10.7 Å². The third-order valence-corrected chi connectivity index (χ3v) is 6.01. The van der Waals surface area contributed by atoms with E-state index in [1.165, 1.54) is 12.6 Å². The van der Waals surface area contributed by atoms with Crippen LogP contribution in [0.4, 0.5) is 0 Å². The van der Waals surface area contributed by atoms with Gasteiger partial charge in [-0.15, -0.1) is 0 Å². The molecule has 2 aromatic rings. The maximum atomic E-state index is 12.7. The topological polar surface area (TPSA) is 101 Å². The number of aromatic amines is 1. The van der Waals surface area contributed by atoms with Crippen LogP contribution >= 0.6 is 0 Å². The maximum Gasteiger partial charge on any atom is 0.243 e. The smallest absolute Gasteiger partial charge is 0.243 e. The number of hydrogen-bond donors (Lipinski definition) is 3. The van der Waals surface area contributed by atoms with Gasteiger partial charge >= 0.3 is 0 Å². The van der Waals surface area contributed by atoms with Crippen molar-refractivity contribution in [1.82, 2.24) is 14.7 Å². The average molecular weight is 322 g/mol. The lowest BCUT2D eigenvalue weighted by Gasteiger charge is -2.29. The number of sulfonamides is 1. The molecule has 1 atom stereocenters. The highest BCUT2D eigenvalue weighted by Gasteiger charge is 2.28. The molecule has 1 saturated carbocycles. The average Bonchev–Trinajstić information content (AvgIpc) is 2.98. The van der Waals surface area contributed by atoms with Crippen molar-refractivity contribution in [1.29, 1.82) is 0 Å². The number of pyridine rings is 1. The van der Waals surface area contributed by atoms with Crippen LogP contribution in [-0.4, -0.2) is 31.0 Å². The lowest BCUT2D eigenvalue weighted by molar-refractivity contribution is 0.294. The molecule has 1 unspecified atom stereocenters. The minimum Gasteiger partial charge on any atom is -0.345 e. The van der Waals surface area contributed by atoms with E-state index in [0.717, 1.165) is 25.7 Å². The Hall–Kier alpha value is -1.44. The number of fused-ring (bicyclic) bond motifs is 1. The summed E-state index contributed by atoms with van der Waals surface area (Å²) in [4.78, 5) is 7.28. The van der Waals surface area contributed by atoms with Crippen LogP contribution in [0.5, 0.6) is 0 Å². The number of aromatic nitrogens is 2. The predicted octanol–water partition coefficient (Wildman–Crippen LogP) is 1.75. The van der Waals surface area contributed by atoms with Crippen molar-refractivity contribution < 1.29 is 8.42 Å². The number of H-pyrrole nitrogens is 1. The summed E-state index contributed by atoms with van der Waals surface area (Å²) in [6.07, 6.45) is 8.75. The second kappa shape index (κ2) is 6.36. The Labute approximate surface area is 130 Å². The van der Waals surface area contributed by atoms with Crippen molar-refractivity contribution in [2.75, 3.05) is 6.54 Å². The zero-order chi connectivity index (χ0) is 15.6. The molecule has 0 radical (unpaired) electrons. The molecule has 1 aliphatic carbocycles. The third kappa shape index (κ3) is 3.02. The van der Waals surface area contributed by atoms with Crippen molar-refractivity contribution in [2.24, 2.45) is 11.7 Å². The molecule has 2 aromatic heterocycles. The summed E-state index contributed by atoms with van der Waals surface area (Å²) < 4.78 is 28.2. The standard InChI is InChI=1S/C15H22N4O2S/c16-9-13(11-5-2-1-3-6-11)19-22(20,21)14-10-18-15-12(14)7-4-8-17-15/h4,7-8,10-11,13,19H,1-3,5-6,9,16H2,(H,17,18). The van der Waals surface area contributed by atoms with E-state index in [9.17, 15) is 8.42 Å². The lowest BCUT2D eigenvalue weighted by Crippen LogP contribution is -2.45. The van der Waals surface area contributed by atoms with Crippen molar-refractivity contribution in [2.45, 2.75) is 43.0 Å². The molecule has 120 valence electrons. The molecule has 0 aromatic carbocycles. The quantitative estimate of drug-likeness (QED) is 0.780. The van der Waals surface area contributed by atoms with E-state index in [1.807, 2.05) is 0 Å². The lowest BCUT2D eigenvalue weighted by atomic mass is 9.84. The summed E-state index contributed by atoms with van der Waals surface area (Å²) in [5.41, 5.74) is 6.40. The Morgan fingerprint density at radius 1 is 1.36 bits per heavy atom. The molecule has 0 amide bonds. The van der Waals surface area contributed by atoms with Crippen LogP contribution in [0.25, 0.3) is 11.0 Å². The van der Waals surface area contributed by atoms with Crippen LogP contribution in [0.3, 0.4) is 0 Å². The number of nitrogens with zero attached hydrogens (tertiary/aromatic N) is 1. The fraction of sp³-hybridized carbons (Fsp3) is 0.533. The first-order chi connectivity index (χ1) is 10.6. The van der Waals surface area contributed by atoms with Gasteiger partial charge in [-0.05, 0) is 30.9 Å².